The number of benzene rings is 1. The number of nitrogens with one attached hydrogen (secondary N) is 2. The maximum Gasteiger partial charge on any atom is 0.225 e. The standard InChI is InChI=1S/C20H21N5/c1-14-2-4-15(5-3-14)13-22-19-12-18(16-8-10-21-11-9-16)24-20(25-19)23-17-6-7-17/h2-5,8-12,17H,6-7,13H2,1H3,(H2,22,23,24,25). The molecule has 1 fully saturated rings. The second-order valence-corrected chi connectivity index (χ2v) is 6.46. The first-order valence-electron chi connectivity index (χ1n) is 8.62. The van der Waals surface area contributed by atoms with E-state index >= 15 is 0 Å². The van der Waals surface area contributed by atoms with Gasteiger partial charge in [-0.15, -0.1) is 0 Å². The van der Waals surface area contributed by atoms with Gasteiger partial charge in [-0.3, -0.25) is 4.98 Å². The molecule has 0 radical (unpaired) electrons. The summed E-state index contributed by atoms with van der Waals surface area (Å²) in [5.74, 6) is 1.51. The van der Waals surface area contributed by atoms with Crippen LogP contribution in [0.2, 0.25) is 0 Å². The van der Waals surface area contributed by atoms with Crippen molar-refractivity contribution < 1.29 is 0 Å². The van der Waals surface area contributed by atoms with E-state index in [9.17, 15) is 0 Å². The normalized spacial score (nSPS) is 13.5. The van der Waals surface area contributed by atoms with Crippen LogP contribution in [-0.4, -0.2) is 21.0 Å². The molecule has 3 aromatic rings. The first-order chi connectivity index (χ1) is 12.3. The number of hydrogen-bond acceptors (Lipinski definition) is 5. The molecule has 126 valence electrons. The summed E-state index contributed by atoms with van der Waals surface area (Å²) in [6.07, 6.45) is 5.94. The molecule has 1 aromatic carbocycles. The highest BCUT2D eigenvalue weighted by molar-refractivity contribution is 5.64. The summed E-state index contributed by atoms with van der Waals surface area (Å²) in [4.78, 5) is 13.4. The minimum Gasteiger partial charge on any atom is -0.366 e. The minimum atomic E-state index is 0.512. The van der Waals surface area contributed by atoms with E-state index in [0.717, 1.165) is 23.6 Å². The quantitative estimate of drug-likeness (QED) is 0.714. The zero-order valence-electron chi connectivity index (χ0n) is 14.2. The predicted octanol–water partition coefficient (Wildman–Crippen LogP) is 4.03. The Bertz CT molecular complexity index is 842. The molecule has 0 atom stereocenters. The van der Waals surface area contributed by atoms with Crippen molar-refractivity contribution in [3.8, 4) is 11.3 Å². The zero-order valence-corrected chi connectivity index (χ0v) is 14.2. The average Bonchev–Trinajstić information content (AvgIpc) is 3.46. The summed E-state index contributed by atoms with van der Waals surface area (Å²) in [5.41, 5.74) is 4.43. The molecule has 2 aromatic heterocycles. The number of rotatable bonds is 6. The fourth-order valence-corrected chi connectivity index (χ4v) is 2.58. The highest BCUT2D eigenvalue weighted by Gasteiger charge is 2.22. The number of anilines is 2. The molecule has 1 aliphatic rings. The predicted molar refractivity (Wildman–Crippen MR) is 100 cm³/mol. The average molecular weight is 331 g/mol. The van der Waals surface area contributed by atoms with Crippen molar-refractivity contribution in [3.05, 3.63) is 66.0 Å². The van der Waals surface area contributed by atoms with E-state index in [2.05, 4.69) is 56.8 Å². The molecule has 0 bridgehead atoms. The molecule has 5 nitrogen and oxygen atoms in total. The summed E-state index contributed by atoms with van der Waals surface area (Å²) < 4.78 is 0. The summed E-state index contributed by atoms with van der Waals surface area (Å²) >= 11 is 0. The van der Waals surface area contributed by atoms with Gasteiger partial charge in [0.1, 0.15) is 5.82 Å². The van der Waals surface area contributed by atoms with Gasteiger partial charge >= 0.3 is 0 Å². The van der Waals surface area contributed by atoms with Crippen LogP contribution in [-0.2, 0) is 6.54 Å². The topological polar surface area (TPSA) is 62.7 Å². The molecule has 2 heterocycles. The molecule has 0 amide bonds. The van der Waals surface area contributed by atoms with E-state index in [4.69, 9.17) is 0 Å². The summed E-state index contributed by atoms with van der Waals surface area (Å²) in [6, 6.07) is 15.0. The number of nitrogens with zero attached hydrogens (tertiary/aromatic N) is 3. The van der Waals surface area contributed by atoms with Crippen molar-refractivity contribution in [2.24, 2.45) is 0 Å². The lowest BCUT2D eigenvalue weighted by atomic mass is 10.1. The maximum atomic E-state index is 4.66. The van der Waals surface area contributed by atoms with Gasteiger partial charge in [0.15, 0.2) is 0 Å². The molecule has 0 aliphatic heterocycles. The van der Waals surface area contributed by atoms with Gasteiger partial charge < -0.3 is 10.6 Å². The Balaban J connectivity index is 1.57. The van der Waals surface area contributed by atoms with Crippen LogP contribution in [0.4, 0.5) is 11.8 Å². The molecule has 4 rings (SSSR count). The van der Waals surface area contributed by atoms with E-state index < -0.39 is 0 Å². The molecule has 1 saturated carbocycles. The van der Waals surface area contributed by atoms with Gasteiger partial charge in [0.25, 0.3) is 0 Å². The Morgan fingerprint density at radius 1 is 1.00 bits per heavy atom. The summed E-state index contributed by atoms with van der Waals surface area (Å²) in [5, 5.41) is 6.81. The van der Waals surface area contributed by atoms with Crippen LogP contribution in [0.25, 0.3) is 11.3 Å². The molecule has 0 spiro atoms. The third kappa shape index (κ3) is 4.12. The monoisotopic (exact) mass is 331 g/mol. The van der Waals surface area contributed by atoms with Crippen molar-refractivity contribution in [1.29, 1.82) is 0 Å². The van der Waals surface area contributed by atoms with E-state index in [0.29, 0.717) is 12.0 Å². The van der Waals surface area contributed by atoms with Gasteiger partial charge in [0, 0.05) is 36.6 Å². The zero-order chi connectivity index (χ0) is 17.1. The Labute approximate surface area is 147 Å². The first-order valence-corrected chi connectivity index (χ1v) is 8.62. The van der Waals surface area contributed by atoms with Crippen LogP contribution in [0.3, 0.4) is 0 Å². The van der Waals surface area contributed by atoms with Crippen molar-refractivity contribution in [1.82, 2.24) is 15.0 Å². The van der Waals surface area contributed by atoms with E-state index in [1.165, 1.54) is 24.0 Å². The summed E-state index contributed by atoms with van der Waals surface area (Å²) in [7, 11) is 0. The second-order valence-electron chi connectivity index (χ2n) is 6.46. The van der Waals surface area contributed by atoms with Gasteiger partial charge in [0.05, 0.1) is 5.69 Å². The largest absolute Gasteiger partial charge is 0.366 e. The number of hydrogen-bond donors (Lipinski definition) is 2. The van der Waals surface area contributed by atoms with Crippen LogP contribution in [0.1, 0.15) is 24.0 Å². The van der Waals surface area contributed by atoms with Gasteiger partial charge in [-0.1, -0.05) is 29.8 Å². The van der Waals surface area contributed by atoms with E-state index in [1.807, 2.05) is 18.2 Å². The third-order valence-electron chi connectivity index (χ3n) is 4.21. The molecular weight excluding hydrogens is 310 g/mol. The lowest BCUT2D eigenvalue weighted by Crippen LogP contribution is -2.09. The lowest BCUT2D eigenvalue weighted by Gasteiger charge is -2.11. The van der Waals surface area contributed by atoms with E-state index in [1.54, 1.807) is 12.4 Å². The SMILES string of the molecule is Cc1ccc(CNc2cc(-c3ccncc3)nc(NC3CC3)n2)cc1. The summed E-state index contributed by atoms with van der Waals surface area (Å²) in [6.45, 7) is 2.83. The molecule has 1 aliphatic carbocycles. The lowest BCUT2D eigenvalue weighted by molar-refractivity contribution is 1.03. The maximum absolute atomic E-state index is 4.66. The number of aromatic nitrogens is 3. The molecule has 0 saturated heterocycles. The number of aryl methyl sites for hydroxylation is 1. The Kier molecular flexibility index (Phi) is 4.29. The number of pyridine rings is 1. The highest BCUT2D eigenvalue weighted by atomic mass is 15.2. The highest BCUT2D eigenvalue weighted by Crippen LogP contribution is 2.26. The van der Waals surface area contributed by atoms with Crippen molar-refractivity contribution in [2.75, 3.05) is 10.6 Å². The molecule has 5 heteroatoms. The fourth-order valence-electron chi connectivity index (χ4n) is 2.58. The smallest absolute Gasteiger partial charge is 0.225 e. The first kappa shape index (κ1) is 15.6. The molecule has 25 heavy (non-hydrogen) atoms. The van der Waals surface area contributed by atoms with Gasteiger partial charge in [-0.25, -0.2) is 4.98 Å². The minimum absolute atomic E-state index is 0.512. The van der Waals surface area contributed by atoms with Gasteiger partial charge in [-0.05, 0) is 37.5 Å². The molecule has 0 unspecified atom stereocenters. The molecular formula is C20H21N5. The molecule has 2 N–H and O–H groups in total. The van der Waals surface area contributed by atoms with Crippen molar-refractivity contribution >= 4 is 11.8 Å². The van der Waals surface area contributed by atoms with Gasteiger partial charge in [0.2, 0.25) is 5.95 Å². The Morgan fingerprint density at radius 3 is 2.48 bits per heavy atom. The van der Waals surface area contributed by atoms with Crippen LogP contribution in [0.15, 0.2) is 54.9 Å². The van der Waals surface area contributed by atoms with Crippen molar-refractivity contribution in [2.45, 2.75) is 32.4 Å². The van der Waals surface area contributed by atoms with Gasteiger partial charge in [-0.2, -0.15) is 4.98 Å². The van der Waals surface area contributed by atoms with Crippen LogP contribution >= 0.6 is 0 Å². The Morgan fingerprint density at radius 2 is 1.76 bits per heavy atom. The third-order valence-corrected chi connectivity index (χ3v) is 4.21. The van der Waals surface area contributed by atoms with Crippen LogP contribution in [0.5, 0.6) is 0 Å². The van der Waals surface area contributed by atoms with Crippen LogP contribution in [0, 0.1) is 6.92 Å². The van der Waals surface area contributed by atoms with Crippen LogP contribution < -0.4 is 10.6 Å². The second kappa shape index (κ2) is 6.89. The fraction of sp³-hybridized carbons (Fsp3) is 0.250. The van der Waals surface area contributed by atoms with Crippen molar-refractivity contribution in [3.63, 3.8) is 0 Å². The Hall–Kier alpha value is -2.95. The van der Waals surface area contributed by atoms with E-state index in [-0.39, 0.29) is 0 Å².